The van der Waals surface area contributed by atoms with E-state index in [4.69, 9.17) is 4.74 Å². The number of benzene rings is 1. The van der Waals surface area contributed by atoms with Crippen LogP contribution in [0.2, 0.25) is 0 Å². The zero-order valence-electron chi connectivity index (χ0n) is 8.31. The maximum Gasteiger partial charge on any atom is 0.316 e. The van der Waals surface area contributed by atoms with Gasteiger partial charge in [0.25, 0.3) is 0 Å². The standard InChI is InChI=1S/C12H12O3/c13-11-7-6-10(11)12(14)15-8-9-4-2-1-3-5-9/h1-5,10H,6-8H2/t10-/m0/s1. The molecule has 1 aromatic rings. The largest absolute Gasteiger partial charge is 0.460 e. The summed E-state index contributed by atoms with van der Waals surface area (Å²) in [6.07, 6.45) is 1.16. The maximum atomic E-state index is 11.4. The molecule has 0 radical (unpaired) electrons. The summed E-state index contributed by atoms with van der Waals surface area (Å²) in [5.74, 6) is -0.864. The summed E-state index contributed by atoms with van der Waals surface area (Å²) >= 11 is 0. The van der Waals surface area contributed by atoms with Crippen LogP contribution in [0.25, 0.3) is 0 Å². The fourth-order valence-corrected chi connectivity index (χ4v) is 1.49. The van der Waals surface area contributed by atoms with Crippen molar-refractivity contribution >= 4 is 11.8 Å². The summed E-state index contributed by atoms with van der Waals surface area (Å²) in [7, 11) is 0. The molecule has 2 rings (SSSR count). The third-order valence-corrected chi connectivity index (χ3v) is 2.58. The third-order valence-electron chi connectivity index (χ3n) is 2.58. The lowest BCUT2D eigenvalue weighted by Crippen LogP contribution is -2.34. The molecular weight excluding hydrogens is 192 g/mol. The minimum Gasteiger partial charge on any atom is -0.460 e. The van der Waals surface area contributed by atoms with Gasteiger partial charge in [0.1, 0.15) is 18.3 Å². The number of carbonyl (C=O) groups is 2. The van der Waals surface area contributed by atoms with Gasteiger partial charge in [-0.05, 0) is 12.0 Å². The molecule has 1 aromatic carbocycles. The lowest BCUT2D eigenvalue weighted by molar-refractivity contribution is -0.157. The number of ether oxygens (including phenoxy) is 1. The topological polar surface area (TPSA) is 43.4 Å². The highest BCUT2D eigenvalue weighted by molar-refractivity contribution is 6.03. The van der Waals surface area contributed by atoms with E-state index in [0.717, 1.165) is 5.56 Å². The molecule has 0 aromatic heterocycles. The summed E-state index contributed by atoms with van der Waals surface area (Å²) in [5, 5.41) is 0. The molecule has 0 unspecified atom stereocenters. The first-order valence-electron chi connectivity index (χ1n) is 5.00. The molecule has 78 valence electrons. The van der Waals surface area contributed by atoms with E-state index < -0.39 is 5.92 Å². The molecular formula is C12H12O3. The average molecular weight is 204 g/mol. The molecule has 0 bridgehead atoms. The highest BCUT2D eigenvalue weighted by atomic mass is 16.5. The Morgan fingerprint density at radius 3 is 2.60 bits per heavy atom. The summed E-state index contributed by atoms with van der Waals surface area (Å²) < 4.78 is 5.04. The minimum absolute atomic E-state index is 0.00746. The summed E-state index contributed by atoms with van der Waals surface area (Å²) in [4.78, 5) is 22.3. The molecule has 3 nitrogen and oxygen atoms in total. The highest BCUT2D eigenvalue weighted by Crippen LogP contribution is 2.23. The Hall–Kier alpha value is -1.64. The second kappa shape index (κ2) is 4.26. The van der Waals surface area contributed by atoms with E-state index in [1.165, 1.54) is 0 Å². The molecule has 0 heterocycles. The molecule has 1 aliphatic rings. The van der Waals surface area contributed by atoms with Gasteiger partial charge in [-0.25, -0.2) is 0 Å². The van der Waals surface area contributed by atoms with Gasteiger partial charge in [-0.15, -0.1) is 0 Å². The van der Waals surface area contributed by atoms with Crippen LogP contribution in [0.3, 0.4) is 0 Å². The smallest absolute Gasteiger partial charge is 0.316 e. The van der Waals surface area contributed by atoms with E-state index in [1.807, 2.05) is 30.3 Å². The lowest BCUT2D eigenvalue weighted by Gasteiger charge is -2.21. The van der Waals surface area contributed by atoms with Crippen LogP contribution in [0.15, 0.2) is 30.3 Å². The number of Topliss-reactive ketones (excluding diaryl/α,β-unsaturated/α-hetero) is 1. The molecule has 1 saturated carbocycles. The van der Waals surface area contributed by atoms with Crippen molar-refractivity contribution in [3.63, 3.8) is 0 Å². The van der Waals surface area contributed by atoms with Crippen molar-refractivity contribution in [2.75, 3.05) is 0 Å². The number of rotatable bonds is 3. The Labute approximate surface area is 88.1 Å². The Bertz CT molecular complexity index is 370. The Morgan fingerprint density at radius 2 is 2.07 bits per heavy atom. The van der Waals surface area contributed by atoms with Crippen LogP contribution in [-0.2, 0) is 20.9 Å². The van der Waals surface area contributed by atoms with Crippen LogP contribution >= 0.6 is 0 Å². The first-order valence-corrected chi connectivity index (χ1v) is 5.00. The normalized spacial score (nSPS) is 19.5. The van der Waals surface area contributed by atoms with E-state index in [9.17, 15) is 9.59 Å². The van der Waals surface area contributed by atoms with Crippen LogP contribution < -0.4 is 0 Å². The van der Waals surface area contributed by atoms with Crippen molar-refractivity contribution in [3.8, 4) is 0 Å². The first-order chi connectivity index (χ1) is 7.27. The van der Waals surface area contributed by atoms with Crippen LogP contribution in [0, 0.1) is 5.92 Å². The predicted molar refractivity (Wildman–Crippen MR) is 54.0 cm³/mol. The Balaban J connectivity index is 1.83. The fraction of sp³-hybridized carbons (Fsp3) is 0.333. The number of carbonyl (C=O) groups excluding carboxylic acids is 2. The second-order valence-corrected chi connectivity index (χ2v) is 3.65. The van der Waals surface area contributed by atoms with Crippen molar-refractivity contribution in [2.24, 2.45) is 5.92 Å². The van der Waals surface area contributed by atoms with Crippen LogP contribution in [0.4, 0.5) is 0 Å². The SMILES string of the molecule is O=C1CC[C@@H]1C(=O)OCc1ccccc1. The van der Waals surface area contributed by atoms with Crippen molar-refractivity contribution < 1.29 is 14.3 Å². The van der Waals surface area contributed by atoms with Crippen molar-refractivity contribution in [1.82, 2.24) is 0 Å². The Kier molecular flexibility index (Phi) is 2.81. The summed E-state index contributed by atoms with van der Waals surface area (Å²) in [6.45, 7) is 0.253. The quantitative estimate of drug-likeness (QED) is 0.556. The molecule has 0 N–H and O–H groups in total. The Morgan fingerprint density at radius 1 is 1.33 bits per heavy atom. The maximum absolute atomic E-state index is 11.4. The van der Waals surface area contributed by atoms with Gasteiger partial charge in [0, 0.05) is 6.42 Å². The van der Waals surface area contributed by atoms with Gasteiger partial charge >= 0.3 is 5.97 Å². The van der Waals surface area contributed by atoms with Crippen LogP contribution in [0.1, 0.15) is 18.4 Å². The number of esters is 1. The molecule has 0 saturated heterocycles. The van der Waals surface area contributed by atoms with Gasteiger partial charge in [-0.2, -0.15) is 0 Å². The van der Waals surface area contributed by atoms with E-state index in [-0.39, 0.29) is 18.4 Å². The van der Waals surface area contributed by atoms with E-state index in [2.05, 4.69) is 0 Å². The summed E-state index contributed by atoms with van der Waals surface area (Å²) in [6, 6.07) is 9.45. The number of ketones is 1. The average Bonchev–Trinajstić information content (AvgIpc) is 2.26. The molecule has 0 amide bonds. The molecule has 1 aliphatic carbocycles. The molecule has 1 fully saturated rings. The highest BCUT2D eigenvalue weighted by Gasteiger charge is 2.35. The lowest BCUT2D eigenvalue weighted by atomic mass is 9.84. The van der Waals surface area contributed by atoms with Crippen LogP contribution in [0.5, 0.6) is 0 Å². The second-order valence-electron chi connectivity index (χ2n) is 3.65. The van der Waals surface area contributed by atoms with Crippen LogP contribution in [-0.4, -0.2) is 11.8 Å². The molecule has 0 spiro atoms. The van der Waals surface area contributed by atoms with Crippen molar-refractivity contribution in [3.05, 3.63) is 35.9 Å². The third kappa shape index (κ3) is 2.24. The van der Waals surface area contributed by atoms with Gasteiger partial charge in [0.2, 0.25) is 0 Å². The molecule has 3 heteroatoms. The number of hydrogen-bond acceptors (Lipinski definition) is 3. The molecule has 15 heavy (non-hydrogen) atoms. The first kappa shape index (κ1) is 9.90. The van der Waals surface area contributed by atoms with Gasteiger partial charge in [-0.1, -0.05) is 30.3 Å². The van der Waals surface area contributed by atoms with Gasteiger partial charge in [0.15, 0.2) is 0 Å². The van der Waals surface area contributed by atoms with Gasteiger partial charge in [-0.3, -0.25) is 9.59 Å². The van der Waals surface area contributed by atoms with Gasteiger partial charge in [0.05, 0.1) is 0 Å². The molecule has 1 atom stereocenters. The van der Waals surface area contributed by atoms with Gasteiger partial charge < -0.3 is 4.74 Å². The zero-order valence-corrected chi connectivity index (χ0v) is 8.31. The predicted octanol–water partition coefficient (Wildman–Crippen LogP) is 1.71. The van der Waals surface area contributed by atoms with E-state index in [0.29, 0.717) is 12.8 Å². The zero-order chi connectivity index (χ0) is 10.7. The van der Waals surface area contributed by atoms with E-state index in [1.54, 1.807) is 0 Å². The van der Waals surface area contributed by atoms with Crippen molar-refractivity contribution in [1.29, 1.82) is 0 Å². The summed E-state index contributed by atoms with van der Waals surface area (Å²) in [5.41, 5.74) is 0.942. The number of hydrogen-bond donors (Lipinski definition) is 0. The molecule has 0 aliphatic heterocycles. The van der Waals surface area contributed by atoms with E-state index >= 15 is 0 Å². The monoisotopic (exact) mass is 204 g/mol. The minimum atomic E-state index is -0.492. The fourth-order valence-electron chi connectivity index (χ4n) is 1.49. The van der Waals surface area contributed by atoms with Crippen molar-refractivity contribution in [2.45, 2.75) is 19.4 Å².